The highest BCUT2D eigenvalue weighted by Crippen LogP contribution is 2.26. The molecule has 0 spiro atoms. The van der Waals surface area contributed by atoms with Crippen molar-refractivity contribution in [2.75, 3.05) is 7.11 Å². The van der Waals surface area contributed by atoms with E-state index in [4.69, 9.17) is 16.3 Å². The third-order valence-corrected chi connectivity index (χ3v) is 4.30. The smallest absolute Gasteiger partial charge is 0.255 e. The average molecular weight is 358 g/mol. The number of hydrogen-bond donors (Lipinski definition) is 2. The molecular formula is C19H20ClN3O2. The van der Waals surface area contributed by atoms with Crippen molar-refractivity contribution < 1.29 is 9.53 Å². The molecule has 0 bridgehead atoms. The Morgan fingerprint density at radius 3 is 2.68 bits per heavy atom. The van der Waals surface area contributed by atoms with Gasteiger partial charge in [0.25, 0.3) is 5.91 Å². The normalized spacial score (nSPS) is 12.4. The molecule has 2 aromatic carbocycles. The Morgan fingerprint density at radius 2 is 2.00 bits per heavy atom. The summed E-state index contributed by atoms with van der Waals surface area (Å²) in [6.07, 6.45) is 0. The predicted octanol–water partition coefficient (Wildman–Crippen LogP) is 4.35. The van der Waals surface area contributed by atoms with Crippen molar-refractivity contribution in [3.63, 3.8) is 0 Å². The van der Waals surface area contributed by atoms with E-state index >= 15 is 0 Å². The number of amides is 1. The Bertz CT molecular complexity index is 872. The summed E-state index contributed by atoms with van der Waals surface area (Å²) in [7, 11) is 1.53. The van der Waals surface area contributed by atoms with E-state index in [-0.39, 0.29) is 17.9 Å². The highest BCUT2D eigenvalue weighted by atomic mass is 35.5. The van der Waals surface area contributed by atoms with Gasteiger partial charge in [-0.05, 0) is 36.2 Å². The SMILES string of the molecule is COc1ccc(Cl)cc1C(=O)NC(c1nc2ccccc2[nH]1)C(C)C. The molecule has 1 unspecified atom stereocenters. The van der Waals surface area contributed by atoms with Crippen LogP contribution in [0.1, 0.15) is 36.1 Å². The lowest BCUT2D eigenvalue weighted by Gasteiger charge is -2.21. The summed E-state index contributed by atoms with van der Waals surface area (Å²) in [5.41, 5.74) is 2.22. The van der Waals surface area contributed by atoms with Gasteiger partial charge in [0.2, 0.25) is 0 Å². The van der Waals surface area contributed by atoms with E-state index in [2.05, 4.69) is 15.3 Å². The topological polar surface area (TPSA) is 67.0 Å². The van der Waals surface area contributed by atoms with Crippen LogP contribution in [0.2, 0.25) is 5.02 Å². The maximum absolute atomic E-state index is 12.8. The molecule has 1 heterocycles. The van der Waals surface area contributed by atoms with Crippen LogP contribution >= 0.6 is 11.6 Å². The number of ether oxygens (including phenoxy) is 1. The fourth-order valence-corrected chi connectivity index (χ4v) is 2.92. The fourth-order valence-electron chi connectivity index (χ4n) is 2.75. The minimum Gasteiger partial charge on any atom is -0.496 e. The van der Waals surface area contributed by atoms with Crippen molar-refractivity contribution in [1.82, 2.24) is 15.3 Å². The minimum atomic E-state index is -0.261. The predicted molar refractivity (Wildman–Crippen MR) is 99.1 cm³/mol. The fraction of sp³-hybridized carbons (Fsp3) is 0.263. The third-order valence-electron chi connectivity index (χ3n) is 4.06. The Hall–Kier alpha value is -2.53. The second-order valence-corrected chi connectivity index (χ2v) is 6.62. The quantitative estimate of drug-likeness (QED) is 0.713. The molecule has 3 aromatic rings. The van der Waals surface area contributed by atoms with Crippen LogP contribution in [0.4, 0.5) is 0 Å². The number of nitrogens with one attached hydrogen (secondary N) is 2. The molecule has 25 heavy (non-hydrogen) atoms. The molecule has 3 rings (SSSR count). The first-order chi connectivity index (χ1) is 12.0. The maximum atomic E-state index is 12.8. The summed E-state index contributed by atoms with van der Waals surface area (Å²) >= 11 is 6.03. The lowest BCUT2D eigenvalue weighted by Crippen LogP contribution is -2.32. The highest BCUT2D eigenvalue weighted by molar-refractivity contribution is 6.31. The van der Waals surface area contributed by atoms with Gasteiger partial charge in [-0.25, -0.2) is 4.98 Å². The van der Waals surface area contributed by atoms with Crippen LogP contribution in [0.3, 0.4) is 0 Å². The third kappa shape index (κ3) is 3.61. The molecule has 0 aliphatic heterocycles. The van der Waals surface area contributed by atoms with E-state index in [0.29, 0.717) is 16.3 Å². The zero-order chi connectivity index (χ0) is 18.0. The summed E-state index contributed by atoms with van der Waals surface area (Å²) in [5.74, 6) is 1.10. The number of carbonyl (C=O) groups is 1. The molecule has 1 amide bonds. The molecule has 5 nitrogen and oxygen atoms in total. The van der Waals surface area contributed by atoms with Crippen LogP contribution in [0.15, 0.2) is 42.5 Å². The van der Waals surface area contributed by atoms with Gasteiger partial charge in [-0.1, -0.05) is 37.6 Å². The Morgan fingerprint density at radius 1 is 1.24 bits per heavy atom. The number of methoxy groups -OCH3 is 1. The van der Waals surface area contributed by atoms with Gasteiger partial charge in [-0.2, -0.15) is 0 Å². The van der Waals surface area contributed by atoms with Gasteiger partial charge in [0.05, 0.1) is 29.7 Å². The highest BCUT2D eigenvalue weighted by Gasteiger charge is 2.24. The molecule has 6 heteroatoms. The van der Waals surface area contributed by atoms with Gasteiger partial charge in [0.15, 0.2) is 0 Å². The van der Waals surface area contributed by atoms with E-state index < -0.39 is 0 Å². The molecule has 0 saturated heterocycles. The standard InChI is InChI=1S/C19H20ClN3O2/c1-11(2)17(18-21-14-6-4-5-7-15(14)22-18)23-19(24)13-10-12(20)8-9-16(13)25-3/h4-11,17H,1-3H3,(H,21,22)(H,23,24). The Balaban J connectivity index is 1.92. The van der Waals surface area contributed by atoms with Crippen LogP contribution in [-0.2, 0) is 0 Å². The van der Waals surface area contributed by atoms with Crippen LogP contribution < -0.4 is 10.1 Å². The largest absolute Gasteiger partial charge is 0.496 e. The second-order valence-electron chi connectivity index (χ2n) is 6.18. The summed E-state index contributed by atoms with van der Waals surface area (Å²) in [4.78, 5) is 20.7. The number of aromatic amines is 1. The summed E-state index contributed by atoms with van der Waals surface area (Å²) < 4.78 is 5.27. The second kappa shape index (κ2) is 7.15. The molecule has 0 radical (unpaired) electrons. The number of para-hydroxylation sites is 2. The van der Waals surface area contributed by atoms with Crippen molar-refractivity contribution in [3.8, 4) is 5.75 Å². The number of aromatic nitrogens is 2. The number of nitrogens with zero attached hydrogens (tertiary/aromatic N) is 1. The number of benzene rings is 2. The Kier molecular flexibility index (Phi) is 4.95. The van der Waals surface area contributed by atoms with E-state index in [1.807, 2.05) is 38.1 Å². The number of H-pyrrole nitrogens is 1. The Labute approximate surface area is 151 Å². The van der Waals surface area contributed by atoms with Crippen LogP contribution in [0.25, 0.3) is 11.0 Å². The molecule has 1 atom stereocenters. The van der Waals surface area contributed by atoms with Crippen molar-refractivity contribution >= 4 is 28.5 Å². The number of fused-ring (bicyclic) bond motifs is 1. The molecule has 2 N–H and O–H groups in total. The summed E-state index contributed by atoms with van der Waals surface area (Å²) in [6, 6.07) is 12.5. The van der Waals surface area contributed by atoms with Gasteiger partial charge in [0, 0.05) is 5.02 Å². The van der Waals surface area contributed by atoms with Crippen molar-refractivity contribution in [1.29, 1.82) is 0 Å². The first-order valence-electron chi connectivity index (χ1n) is 8.08. The lowest BCUT2D eigenvalue weighted by atomic mass is 10.0. The van der Waals surface area contributed by atoms with Crippen molar-refractivity contribution in [3.05, 3.63) is 58.9 Å². The number of carbonyl (C=O) groups excluding carboxylic acids is 1. The lowest BCUT2D eigenvalue weighted by molar-refractivity contribution is 0.0920. The molecule has 0 fully saturated rings. The van der Waals surface area contributed by atoms with Crippen LogP contribution in [0.5, 0.6) is 5.75 Å². The zero-order valence-electron chi connectivity index (χ0n) is 14.3. The number of imidazole rings is 1. The first-order valence-corrected chi connectivity index (χ1v) is 8.46. The van der Waals surface area contributed by atoms with Crippen LogP contribution in [0, 0.1) is 5.92 Å². The average Bonchev–Trinajstić information content (AvgIpc) is 3.02. The molecule has 130 valence electrons. The monoisotopic (exact) mass is 357 g/mol. The number of rotatable bonds is 5. The molecule has 0 saturated carbocycles. The van der Waals surface area contributed by atoms with Crippen molar-refractivity contribution in [2.24, 2.45) is 5.92 Å². The first kappa shape index (κ1) is 17.3. The van der Waals surface area contributed by atoms with Gasteiger partial charge < -0.3 is 15.0 Å². The summed E-state index contributed by atoms with van der Waals surface area (Å²) in [6.45, 7) is 4.07. The summed E-state index contributed by atoms with van der Waals surface area (Å²) in [5, 5.41) is 3.52. The molecule has 0 aliphatic carbocycles. The van der Waals surface area contributed by atoms with E-state index in [0.717, 1.165) is 16.9 Å². The zero-order valence-corrected chi connectivity index (χ0v) is 15.1. The number of halogens is 1. The minimum absolute atomic E-state index is 0.148. The van der Waals surface area contributed by atoms with E-state index in [1.165, 1.54) is 7.11 Å². The molecule has 1 aromatic heterocycles. The van der Waals surface area contributed by atoms with Gasteiger partial charge >= 0.3 is 0 Å². The maximum Gasteiger partial charge on any atom is 0.255 e. The molecule has 0 aliphatic rings. The van der Waals surface area contributed by atoms with Crippen LogP contribution in [-0.4, -0.2) is 23.0 Å². The number of hydrogen-bond acceptors (Lipinski definition) is 3. The van der Waals surface area contributed by atoms with Gasteiger partial charge in [-0.3, -0.25) is 4.79 Å². The van der Waals surface area contributed by atoms with Gasteiger partial charge in [0.1, 0.15) is 11.6 Å². The molecular weight excluding hydrogens is 338 g/mol. The van der Waals surface area contributed by atoms with Crippen molar-refractivity contribution in [2.45, 2.75) is 19.9 Å². The van der Waals surface area contributed by atoms with E-state index in [1.54, 1.807) is 18.2 Å². The van der Waals surface area contributed by atoms with Gasteiger partial charge in [-0.15, -0.1) is 0 Å². The van der Waals surface area contributed by atoms with E-state index in [9.17, 15) is 4.79 Å².